The molecule has 1 aliphatic rings. The van der Waals surface area contributed by atoms with E-state index in [1.807, 2.05) is 13.8 Å². The first-order valence-corrected chi connectivity index (χ1v) is 7.98. The largest absolute Gasteiger partial charge is 0.381 e. The lowest BCUT2D eigenvalue weighted by molar-refractivity contribution is 0.617. The van der Waals surface area contributed by atoms with Gasteiger partial charge in [0.25, 0.3) is 0 Å². The van der Waals surface area contributed by atoms with Gasteiger partial charge in [-0.3, -0.25) is 0 Å². The molecule has 1 aliphatic heterocycles. The van der Waals surface area contributed by atoms with Crippen molar-refractivity contribution in [2.24, 2.45) is 0 Å². The fourth-order valence-electron chi connectivity index (χ4n) is 2.37. The van der Waals surface area contributed by atoms with Gasteiger partial charge >= 0.3 is 0 Å². The molecule has 0 bridgehead atoms. The second kappa shape index (κ2) is 5.88. The summed E-state index contributed by atoms with van der Waals surface area (Å²) in [4.78, 5) is 0. The smallest absolute Gasteiger partial charge is 0.0766 e. The van der Waals surface area contributed by atoms with Crippen LogP contribution in [0.25, 0.3) is 0 Å². The van der Waals surface area contributed by atoms with Crippen molar-refractivity contribution in [1.82, 2.24) is 0 Å². The number of hydrogen-bond acceptors (Lipinski definition) is 3. The van der Waals surface area contributed by atoms with Gasteiger partial charge in [0.2, 0.25) is 0 Å². The Balaban J connectivity index is 2.05. The normalized spacial score (nSPS) is 23.7. The summed E-state index contributed by atoms with van der Waals surface area (Å²) in [6.07, 6.45) is 2.55. The van der Waals surface area contributed by atoms with Crippen molar-refractivity contribution in [2.45, 2.75) is 50.3 Å². The Kier molecular flexibility index (Phi) is 4.42. The molecule has 0 amide bonds. The first-order valence-electron chi connectivity index (χ1n) is 6.93. The van der Waals surface area contributed by atoms with Gasteiger partial charge < -0.3 is 5.32 Å². The van der Waals surface area contributed by atoms with Gasteiger partial charge in [0, 0.05) is 17.0 Å². The molecule has 1 saturated heterocycles. The summed E-state index contributed by atoms with van der Waals surface area (Å²) in [5, 5.41) is 13.4. The summed E-state index contributed by atoms with van der Waals surface area (Å²) in [5.41, 5.74) is 1.83. The van der Waals surface area contributed by atoms with E-state index in [0.717, 1.165) is 11.3 Å². The van der Waals surface area contributed by atoms with E-state index in [0.29, 0.717) is 11.3 Å². The molecule has 0 radical (unpaired) electrons. The molecule has 1 aromatic carbocycles. The Hall–Kier alpha value is -1.14. The van der Waals surface area contributed by atoms with Crippen molar-refractivity contribution in [3.8, 4) is 6.07 Å². The predicted molar refractivity (Wildman–Crippen MR) is 83.6 cm³/mol. The van der Waals surface area contributed by atoms with Crippen molar-refractivity contribution >= 4 is 17.4 Å². The Morgan fingerprint density at radius 2 is 2.00 bits per heavy atom. The van der Waals surface area contributed by atoms with Crippen LogP contribution in [-0.4, -0.2) is 17.0 Å². The number of anilines is 1. The number of nitrogens with one attached hydrogen (secondary N) is 1. The lowest BCUT2D eigenvalue weighted by Gasteiger charge is -2.30. The van der Waals surface area contributed by atoms with Crippen molar-refractivity contribution in [2.75, 3.05) is 11.1 Å². The summed E-state index contributed by atoms with van der Waals surface area (Å²) >= 11 is 2.05. The molecule has 0 aromatic heterocycles. The van der Waals surface area contributed by atoms with Crippen LogP contribution in [0.15, 0.2) is 24.3 Å². The topological polar surface area (TPSA) is 35.8 Å². The van der Waals surface area contributed by atoms with Gasteiger partial charge in [-0.1, -0.05) is 19.1 Å². The number of thioether (sulfide) groups is 1. The fourth-order valence-corrected chi connectivity index (χ4v) is 3.52. The highest BCUT2D eigenvalue weighted by atomic mass is 32.2. The zero-order chi connectivity index (χ0) is 13.9. The third-order valence-corrected chi connectivity index (χ3v) is 5.22. The third kappa shape index (κ3) is 3.45. The molecule has 0 aliphatic carbocycles. The number of nitriles is 1. The molecule has 3 heteroatoms. The zero-order valence-corrected chi connectivity index (χ0v) is 12.8. The monoisotopic (exact) mass is 274 g/mol. The molecule has 0 spiro atoms. The summed E-state index contributed by atoms with van der Waals surface area (Å²) < 4.78 is 0. The van der Waals surface area contributed by atoms with Crippen LogP contribution in [0.1, 0.15) is 39.2 Å². The van der Waals surface area contributed by atoms with E-state index in [4.69, 9.17) is 5.26 Å². The Morgan fingerprint density at radius 3 is 2.58 bits per heavy atom. The minimum Gasteiger partial charge on any atom is -0.381 e. The SMILES string of the molecule is CC1SCCCC1Nc1ccc(C(C)(C)C#N)cc1. The number of rotatable bonds is 3. The molecule has 2 atom stereocenters. The van der Waals surface area contributed by atoms with E-state index in [2.05, 4.69) is 54.3 Å². The first-order chi connectivity index (χ1) is 9.03. The van der Waals surface area contributed by atoms with E-state index in [1.54, 1.807) is 0 Å². The molecule has 2 rings (SSSR count). The molecule has 2 unspecified atom stereocenters. The quantitative estimate of drug-likeness (QED) is 0.898. The molecule has 102 valence electrons. The van der Waals surface area contributed by atoms with Crippen LogP contribution in [0.5, 0.6) is 0 Å². The maximum Gasteiger partial charge on any atom is 0.0766 e. The van der Waals surface area contributed by atoms with Crippen molar-refractivity contribution in [3.05, 3.63) is 29.8 Å². The molecule has 2 nitrogen and oxygen atoms in total. The average molecular weight is 274 g/mol. The molecule has 19 heavy (non-hydrogen) atoms. The maximum atomic E-state index is 9.14. The molecule has 1 fully saturated rings. The van der Waals surface area contributed by atoms with Gasteiger partial charge in [0.1, 0.15) is 0 Å². The zero-order valence-electron chi connectivity index (χ0n) is 11.9. The molecular weight excluding hydrogens is 252 g/mol. The van der Waals surface area contributed by atoms with E-state index in [1.165, 1.54) is 18.6 Å². The highest BCUT2D eigenvalue weighted by molar-refractivity contribution is 8.00. The molecule has 0 saturated carbocycles. The van der Waals surface area contributed by atoms with E-state index >= 15 is 0 Å². The highest BCUT2D eigenvalue weighted by Gasteiger charge is 2.22. The van der Waals surface area contributed by atoms with Crippen molar-refractivity contribution in [3.63, 3.8) is 0 Å². The number of nitrogens with zero attached hydrogens (tertiary/aromatic N) is 1. The molecule has 1 N–H and O–H groups in total. The lowest BCUT2D eigenvalue weighted by atomic mass is 9.86. The van der Waals surface area contributed by atoms with Gasteiger partial charge in [0.15, 0.2) is 0 Å². The van der Waals surface area contributed by atoms with E-state index in [-0.39, 0.29) is 0 Å². The van der Waals surface area contributed by atoms with Crippen LogP contribution in [0.3, 0.4) is 0 Å². The Labute approximate surface area is 120 Å². The maximum absolute atomic E-state index is 9.14. The third-order valence-electron chi connectivity index (χ3n) is 3.85. The van der Waals surface area contributed by atoms with Crippen LogP contribution in [0, 0.1) is 11.3 Å². The first kappa shape index (κ1) is 14.3. The van der Waals surface area contributed by atoms with Gasteiger partial charge in [-0.2, -0.15) is 17.0 Å². The predicted octanol–water partition coefficient (Wildman–Crippen LogP) is 4.18. The second-order valence-electron chi connectivity index (χ2n) is 5.78. The molecular formula is C16H22N2S. The highest BCUT2D eigenvalue weighted by Crippen LogP contribution is 2.29. The van der Waals surface area contributed by atoms with Crippen LogP contribution in [0.4, 0.5) is 5.69 Å². The van der Waals surface area contributed by atoms with Crippen LogP contribution >= 0.6 is 11.8 Å². The minimum atomic E-state index is -0.410. The summed E-state index contributed by atoms with van der Waals surface area (Å²) in [7, 11) is 0. The van der Waals surface area contributed by atoms with E-state index in [9.17, 15) is 0 Å². The molecule has 1 aromatic rings. The van der Waals surface area contributed by atoms with Crippen molar-refractivity contribution in [1.29, 1.82) is 5.26 Å². The Bertz CT molecular complexity index is 459. The van der Waals surface area contributed by atoms with Crippen LogP contribution in [-0.2, 0) is 5.41 Å². The van der Waals surface area contributed by atoms with Gasteiger partial charge in [0.05, 0.1) is 11.5 Å². The average Bonchev–Trinajstić information content (AvgIpc) is 2.42. The minimum absolute atomic E-state index is 0.410. The van der Waals surface area contributed by atoms with Gasteiger partial charge in [-0.25, -0.2) is 0 Å². The number of benzene rings is 1. The van der Waals surface area contributed by atoms with Crippen LogP contribution < -0.4 is 5.32 Å². The standard InChI is InChI=1S/C16H22N2S/c1-12-15(5-4-10-19-12)18-14-8-6-13(7-9-14)16(2,3)11-17/h6-9,12,15,18H,4-5,10H2,1-3H3. The Morgan fingerprint density at radius 1 is 1.32 bits per heavy atom. The molecule has 1 heterocycles. The van der Waals surface area contributed by atoms with E-state index < -0.39 is 5.41 Å². The number of hydrogen-bond donors (Lipinski definition) is 1. The summed E-state index contributed by atoms with van der Waals surface area (Å²) in [5.74, 6) is 1.29. The summed E-state index contributed by atoms with van der Waals surface area (Å²) in [6.45, 7) is 6.21. The second-order valence-corrected chi connectivity index (χ2v) is 7.27. The van der Waals surface area contributed by atoms with Gasteiger partial charge in [-0.05, 0) is 50.1 Å². The lowest BCUT2D eigenvalue weighted by Crippen LogP contribution is -2.32. The summed E-state index contributed by atoms with van der Waals surface area (Å²) in [6, 6.07) is 11.2. The van der Waals surface area contributed by atoms with Crippen LogP contribution in [0.2, 0.25) is 0 Å². The fraction of sp³-hybridized carbons (Fsp3) is 0.562. The van der Waals surface area contributed by atoms with Crippen molar-refractivity contribution < 1.29 is 0 Å². The van der Waals surface area contributed by atoms with Gasteiger partial charge in [-0.15, -0.1) is 0 Å².